The van der Waals surface area contributed by atoms with Crippen LogP contribution < -0.4 is 0 Å². The van der Waals surface area contributed by atoms with Gasteiger partial charge in [-0.2, -0.15) is 0 Å². The van der Waals surface area contributed by atoms with Crippen LogP contribution in [0.4, 0.5) is 0 Å². The fourth-order valence-corrected chi connectivity index (χ4v) is 3.88. The number of unbranched alkanes of at least 4 members (excludes halogenated alkanes) is 2. The molecule has 5 heteroatoms. The van der Waals surface area contributed by atoms with Gasteiger partial charge < -0.3 is 20.1 Å². The first-order chi connectivity index (χ1) is 13.9. The van der Waals surface area contributed by atoms with E-state index in [1.54, 1.807) is 6.92 Å². The predicted molar refractivity (Wildman–Crippen MR) is 115 cm³/mol. The molecule has 1 aliphatic rings. The normalized spacial score (nSPS) is 26.4. The van der Waals surface area contributed by atoms with E-state index in [-0.39, 0.29) is 17.8 Å². The first-order valence-corrected chi connectivity index (χ1v) is 10.8. The van der Waals surface area contributed by atoms with Crippen molar-refractivity contribution < 1.29 is 24.9 Å². The Kier molecular flexibility index (Phi) is 11.9. The van der Waals surface area contributed by atoms with Crippen molar-refractivity contribution >= 4 is 5.97 Å². The Morgan fingerprint density at radius 2 is 1.97 bits per heavy atom. The van der Waals surface area contributed by atoms with Gasteiger partial charge in [0.1, 0.15) is 5.60 Å². The van der Waals surface area contributed by atoms with Crippen LogP contribution >= 0.6 is 0 Å². The first-order valence-electron chi connectivity index (χ1n) is 10.8. The summed E-state index contributed by atoms with van der Waals surface area (Å²) in [5, 5.41) is 31.4. The van der Waals surface area contributed by atoms with E-state index in [2.05, 4.69) is 23.5 Å². The minimum atomic E-state index is -1.03. The highest BCUT2D eigenvalue weighted by Gasteiger charge is 2.39. The second-order valence-electron chi connectivity index (χ2n) is 7.93. The van der Waals surface area contributed by atoms with Gasteiger partial charge in [-0.1, -0.05) is 43.6 Å². The molecule has 29 heavy (non-hydrogen) atoms. The largest absolute Gasteiger partial charge is 0.469 e. The van der Waals surface area contributed by atoms with E-state index >= 15 is 0 Å². The zero-order valence-electron chi connectivity index (χ0n) is 18.1. The summed E-state index contributed by atoms with van der Waals surface area (Å²) >= 11 is 0. The van der Waals surface area contributed by atoms with Crippen molar-refractivity contribution in [3.63, 3.8) is 0 Å². The number of methoxy groups -OCH3 is 1. The van der Waals surface area contributed by atoms with Gasteiger partial charge in [-0.15, -0.1) is 5.92 Å². The Morgan fingerprint density at radius 1 is 1.21 bits per heavy atom. The number of hydrogen-bond acceptors (Lipinski definition) is 5. The molecule has 1 fully saturated rings. The minimum Gasteiger partial charge on any atom is -0.469 e. The highest BCUT2D eigenvalue weighted by Crippen LogP contribution is 2.36. The Bertz CT molecular complexity index is 600. The number of aliphatic hydroxyl groups excluding tert-OH is 2. The van der Waals surface area contributed by atoms with Gasteiger partial charge in [0.2, 0.25) is 0 Å². The number of allylic oxidation sites excluding steroid dienone is 2. The molecule has 1 rings (SSSR count). The van der Waals surface area contributed by atoms with Crippen molar-refractivity contribution in [3.8, 4) is 11.8 Å². The fourth-order valence-electron chi connectivity index (χ4n) is 3.88. The van der Waals surface area contributed by atoms with Crippen molar-refractivity contribution in [2.24, 2.45) is 11.8 Å². The molecular formula is C24H38O5. The van der Waals surface area contributed by atoms with Crippen molar-refractivity contribution in [1.82, 2.24) is 0 Å². The SMILES string of the molecule is CC#CC(O)(CC=C[C@@H]1[C@@H](CC=CCCCC(=O)OC)[C@H](O)C[C@H]1O)CCCC. The molecule has 0 amide bonds. The molecule has 0 radical (unpaired) electrons. The Balaban J connectivity index is 2.61. The van der Waals surface area contributed by atoms with E-state index in [0.717, 1.165) is 25.7 Å². The maximum Gasteiger partial charge on any atom is 0.305 e. The summed E-state index contributed by atoms with van der Waals surface area (Å²) in [7, 11) is 1.39. The van der Waals surface area contributed by atoms with Gasteiger partial charge in [-0.05, 0) is 44.9 Å². The lowest BCUT2D eigenvalue weighted by molar-refractivity contribution is -0.140. The van der Waals surface area contributed by atoms with Gasteiger partial charge in [0, 0.05) is 25.2 Å². The van der Waals surface area contributed by atoms with Gasteiger partial charge in [0.05, 0.1) is 19.3 Å². The summed E-state index contributed by atoms with van der Waals surface area (Å²) in [6.07, 6.45) is 12.6. The third-order valence-electron chi connectivity index (χ3n) is 5.59. The number of carbonyl (C=O) groups excluding carboxylic acids is 1. The van der Waals surface area contributed by atoms with E-state index in [1.165, 1.54) is 7.11 Å². The standard InChI is InChI=1S/C24H38O5/c1-4-6-16-24(28,15-5-2)17-11-13-20-19(21(25)18-22(20)26)12-9-7-8-10-14-23(27)29-3/h7,9,11,13,19-22,25-26,28H,4,6,8,10,12,14,16-18H2,1-3H3/t19-,20-,21-,22-,24?/m1/s1. The Labute approximate surface area is 175 Å². The molecule has 5 atom stereocenters. The zero-order valence-corrected chi connectivity index (χ0v) is 18.1. The topological polar surface area (TPSA) is 87.0 Å². The molecule has 0 saturated heterocycles. The predicted octanol–water partition coefficient (Wildman–Crippen LogP) is 3.52. The van der Waals surface area contributed by atoms with Crippen molar-refractivity contribution in [3.05, 3.63) is 24.3 Å². The highest BCUT2D eigenvalue weighted by atomic mass is 16.5. The molecule has 0 spiro atoms. The van der Waals surface area contributed by atoms with Crippen LogP contribution in [0.1, 0.15) is 71.6 Å². The molecule has 1 unspecified atom stereocenters. The second-order valence-corrected chi connectivity index (χ2v) is 7.93. The summed E-state index contributed by atoms with van der Waals surface area (Å²) in [6, 6.07) is 0. The Hall–Kier alpha value is -1.61. The summed E-state index contributed by atoms with van der Waals surface area (Å²) in [5.74, 6) is 5.32. The molecule has 164 valence electrons. The number of rotatable bonds is 12. The molecule has 0 aromatic heterocycles. The molecule has 0 heterocycles. The molecule has 0 bridgehead atoms. The molecule has 3 N–H and O–H groups in total. The molecule has 0 aliphatic heterocycles. The third-order valence-corrected chi connectivity index (χ3v) is 5.59. The first kappa shape index (κ1) is 25.4. The van der Waals surface area contributed by atoms with Crippen LogP contribution in [0, 0.1) is 23.7 Å². The van der Waals surface area contributed by atoms with Gasteiger partial charge in [0.15, 0.2) is 0 Å². The highest BCUT2D eigenvalue weighted by molar-refractivity contribution is 5.69. The maximum absolute atomic E-state index is 11.1. The lowest BCUT2D eigenvalue weighted by atomic mass is 9.88. The van der Waals surface area contributed by atoms with E-state index in [4.69, 9.17) is 0 Å². The van der Waals surface area contributed by atoms with Crippen LogP contribution in [-0.2, 0) is 9.53 Å². The second kappa shape index (κ2) is 13.6. The number of esters is 1. The van der Waals surface area contributed by atoms with Gasteiger partial charge in [-0.25, -0.2) is 0 Å². The van der Waals surface area contributed by atoms with Crippen LogP contribution in [-0.4, -0.2) is 46.2 Å². The average molecular weight is 407 g/mol. The molecular weight excluding hydrogens is 368 g/mol. The van der Waals surface area contributed by atoms with Crippen LogP contribution in [0.3, 0.4) is 0 Å². The van der Waals surface area contributed by atoms with Gasteiger partial charge in [-0.3, -0.25) is 4.79 Å². The quantitative estimate of drug-likeness (QED) is 0.200. The number of hydrogen-bond donors (Lipinski definition) is 3. The summed E-state index contributed by atoms with van der Waals surface area (Å²) in [4.78, 5) is 11.1. The van der Waals surface area contributed by atoms with Crippen molar-refractivity contribution in [2.45, 2.75) is 89.4 Å². The van der Waals surface area contributed by atoms with Crippen LogP contribution in [0.15, 0.2) is 24.3 Å². The Morgan fingerprint density at radius 3 is 2.62 bits per heavy atom. The van der Waals surface area contributed by atoms with E-state index in [0.29, 0.717) is 32.1 Å². The summed E-state index contributed by atoms with van der Waals surface area (Å²) < 4.78 is 4.62. The van der Waals surface area contributed by atoms with Crippen molar-refractivity contribution in [2.75, 3.05) is 7.11 Å². The molecule has 1 aliphatic carbocycles. The number of ether oxygens (including phenoxy) is 1. The maximum atomic E-state index is 11.1. The molecule has 5 nitrogen and oxygen atoms in total. The minimum absolute atomic E-state index is 0.0564. The lowest BCUT2D eigenvalue weighted by Crippen LogP contribution is -2.26. The smallest absolute Gasteiger partial charge is 0.305 e. The summed E-state index contributed by atoms with van der Waals surface area (Å²) in [5.41, 5.74) is -1.03. The van der Waals surface area contributed by atoms with E-state index in [9.17, 15) is 20.1 Å². The van der Waals surface area contributed by atoms with E-state index < -0.39 is 17.8 Å². The van der Waals surface area contributed by atoms with E-state index in [1.807, 2.05) is 24.3 Å². The average Bonchev–Trinajstić information content (AvgIpc) is 2.95. The van der Waals surface area contributed by atoms with Gasteiger partial charge in [0.25, 0.3) is 0 Å². The fraction of sp³-hybridized carbons (Fsp3) is 0.708. The molecule has 0 aromatic rings. The monoisotopic (exact) mass is 406 g/mol. The lowest BCUT2D eigenvalue weighted by Gasteiger charge is -2.22. The van der Waals surface area contributed by atoms with Crippen LogP contribution in [0.2, 0.25) is 0 Å². The van der Waals surface area contributed by atoms with Crippen LogP contribution in [0.25, 0.3) is 0 Å². The number of aliphatic hydroxyl groups is 3. The van der Waals surface area contributed by atoms with Crippen LogP contribution in [0.5, 0.6) is 0 Å². The summed E-state index contributed by atoms with van der Waals surface area (Å²) in [6.45, 7) is 3.81. The molecule has 1 saturated carbocycles. The van der Waals surface area contributed by atoms with Crippen molar-refractivity contribution in [1.29, 1.82) is 0 Å². The number of carbonyl (C=O) groups is 1. The van der Waals surface area contributed by atoms with Gasteiger partial charge >= 0.3 is 5.97 Å². The zero-order chi connectivity index (χ0) is 21.7. The molecule has 0 aromatic carbocycles. The third kappa shape index (κ3) is 9.16.